The first-order valence-electron chi connectivity index (χ1n) is 7.97. The molecule has 2 heterocycles. The van der Waals surface area contributed by atoms with E-state index in [9.17, 15) is 4.79 Å². The van der Waals surface area contributed by atoms with Crippen molar-refractivity contribution in [3.05, 3.63) is 50.7 Å². The van der Waals surface area contributed by atoms with Crippen LogP contribution in [0.2, 0.25) is 5.02 Å². The van der Waals surface area contributed by atoms with Crippen LogP contribution in [0.1, 0.15) is 33.1 Å². The Labute approximate surface area is 150 Å². The maximum absolute atomic E-state index is 11.7. The molecule has 1 N–H and O–H groups in total. The lowest BCUT2D eigenvalue weighted by Crippen LogP contribution is -2.36. The van der Waals surface area contributed by atoms with Crippen LogP contribution in [0.25, 0.3) is 0 Å². The van der Waals surface area contributed by atoms with Gasteiger partial charge < -0.3 is 9.84 Å². The van der Waals surface area contributed by atoms with Crippen molar-refractivity contribution in [2.45, 2.75) is 19.4 Å². The Balaban J connectivity index is 1.59. The average Bonchev–Trinajstić information content (AvgIpc) is 3.03. The molecule has 3 rings (SSSR count). The Bertz CT molecular complexity index is 714. The number of benzene rings is 1. The summed E-state index contributed by atoms with van der Waals surface area (Å²) in [6.07, 6.45) is 0.926. The van der Waals surface area contributed by atoms with Crippen molar-refractivity contribution in [3.63, 3.8) is 0 Å². The highest BCUT2D eigenvalue weighted by Crippen LogP contribution is 2.36. The van der Waals surface area contributed by atoms with Crippen molar-refractivity contribution in [2.24, 2.45) is 0 Å². The van der Waals surface area contributed by atoms with E-state index in [0.29, 0.717) is 16.5 Å². The van der Waals surface area contributed by atoms with Crippen molar-refractivity contribution < 1.29 is 14.6 Å². The van der Waals surface area contributed by atoms with Crippen LogP contribution in [-0.4, -0.2) is 42.1 Å². The highest BCUT2D eigenvalue weighted by molar-refractivity contribution is 7.14. The number of Topliss-reactive ketones (excluding diaryl/α,β-unsaturated/α-hetero) is 1. The second-order valence-electron chi connectivity index (χ2n) is 5.85. The number of aliphatic hydroxyl groups excluding tert-OH is 1. The van der Waals surface area contributed by atoms with Gasteiger partial charge in [0.1, 0.15) is 19.0 Å². The van der Waals surface area contributed by atoms with Crippen LogP contribution in [0.3, 0.4) is 0 Å². The molecule has 1 unspecified atom stereocenters. The number of aliphatic hydroxyl groups is 1. The van der Waals surface area contributed by atoms with Gasteiger partial charge in [0, 0.05) is 29.0 Å². The van der Waals surface area contributed by atoms with E-state index in [4.69, 9.17) is 21.4 Å². The van der Waals surface area contributed by atoms with Crippen LogP contribution in [0.5, 0.6) is 5.75 Å². The van der Waals surface area contributed by atoms with E-state index < -0.39 is 6.61 Å². The molecule has 1 atom stereocenters. The molecule has 0 bridgehead atoms. The van der Waals surface area contributed by atoms with Crippen molar-refractivity contribution >= 4 is 28.7 Å². The predicted molar refractivity (Wildman–Crippen MR) is 96.4 cm³/mol. The molecular formula is C18H20ClNO3S. The van der Waals surface area contributed by atoms with Crippen LogP contribution >= 0.6 is 22.9 Å². The van der Waals surface area contributed by atoms with Gasteiger partial charge in [-0.15, -0.1) is 11.3 Å². The fourth-order valence-electron chi connectivity index (χ4n) is 2.95. The first kappa shape index (κ1) is 17.4. The van der Waals surface area contributed by atoms with E-state index in [1.807, 2.05) is 30.3 Å². The number of carbonyl (C=O) groups excluding carboxylic acids is 1. The fourth-order valence-corrected chi connectivity index (χ4v) is 4.30. The normalized spacial score (nSPS) is 17.5. The summed E-state index contributed by atoms with van der Waals surface area (Å²) in [6.45, 7) is 4.11. The molecule has 2 aromatic rings. The van der Waals surface area contributed by atoms with Crippen molar-refractivity contribution in [1.82, 2.24) is 4.90 Å². The van der Waals surface area contributed by atoms with Gasteiger partial charge in [0.25, 0.3) is 0 Å². The maximum Gasteiger partial charge on any atom is 0.198 e. The second-order valence-corrected chi connectivity index (χ2v) is 7.37. The van der Waals surface area contributed by atoms with E-state index in [0.717, 1.165) is 25.3 Å². The van der Waals surface area contributed by atoms with Crippen molar-refractivity contribution in [1.29, 1.82) is 0 Å². The standard InChI is InChI=1S/C18H20ClNO3S/c1-12-18-13(10-17(24-18)16(22)11-21)6-7-20(12)8-9-23-15-4-2-14(19)3-5-15/h2-5,10,12,21H,6-9,11H2,1H3. The summed E-state index contributed by atoms with van der Waals surface area (Å²) in [4.78, 5) is 15.9. The number of hydrogen-bond acceptors (Lipinski definition) is 5. The first-order valence-corrected chi connectivity index (χ1v) is 9.17. The number of carbonyl (C=O) groups is 1. The summed E-state index contributed by atoms with van der Waals surface area (Å²) in [5.41, 5.74) is 1.24. The Kier molecular flexibility index (Phi) is 5.56. The average molecular weight is 366 g/mol. The van der Waals surface area contributed by atoms with E-state index in [1.54, 1.807) is 0 Å². The number of hydrogen-bond donors (Lipinski definition) is 1. The summed E-state index contributed by atoms with van der Waals surface area (Å²) in [5.74, 6) is 0.621. The maximum atomic E-state index is 11.7. The molecule has 4 nitrogen and oxygen atoms in total. The highest BCUT2D eigenvalue weighted by atomic mass is 35.5. The van der Waals surface area contributed by atoms with E-state index in [2.05, 4.69) is 11.8 Å². The molecule has 0 amide bonds. The van der Waals surface area contributed by atoms with Gasteiger partial charge in [0.05, 0.1) is 4.88 Å². The van der Waals surface area contributed by atoms with E-state index in [-0.39, 0.29) is 11.8 Å². The number of ketones is 1. The number of halogens is 1. The monoisotopic (exact) mass is 365 g/mol. The third-order valence-corrected chi connectivity index (χ3v) is 5.96. The second kappa shape index (κ2) is 7.66. The zero-order valence-corrected chi connectivity index (χ0v) is 15.1. The van der Waals surface area contributed by atoms with E-state index >= 15 is 0 Å². The third kappa shape index (κ3) is 3.81. The molecule has 1 aliphatic heterocycles. The number of ether oxygens (including phenoxy) is 1. The fraction of sp³-hybridized carbons (Fsp3) is 0.389. The quantitative estimate of drug-likeness (QED) is 0.795. The minimum atomic E-state index is -0.424. The molecule has 6 heteroatoms. The zero-order valence-electron chi connectivity index (χ0n) is 13.5. The van der Waals surface area contributed by atoms with Gasteiger partial charge in [-0.1, -0.05) is 11.6 Å². The highest BCUT2D eigenvalue weighted by Gasteiger charge is 2.27. The Morgan fingerprint density at radius 1 is 1.42 bits per heavy atom. The topological polar surface area (TPSA) is 49.8 Å². The van der Waals surface area contributed by atoms with Crippen LogP contribution < -0.4 is 4.74 Å². The molecule has 0 spiro atoms. The van der Waals surface area contributed by atoms with Crippen LogP contribution in [0, 0.1) is 0 Å². The van der Waals surface area contributed by atoms with Crippen LogP contribution in [0.4, 0.5) is 0 Å². The Morgan fingerprint density at radius 3 is 2.88 bits per heavy atom. The summed E-state index contributed by atoms with van der Waals surface area (Å²) in [7, 11) is 0. The molecule has 0 saturated carbocycles. The summed E-state index contributed by atoms with van der Waals surface area (Å²) >= 11 is 7.37. The van der Waals surface area contributed by atoms with Crippen LogP contribution in [-0.2, 0) is 6.42 Å². The zero-order chi connectivity index (χ0) is 17.1. The summed E-state index contributed by atoms with van der Waals surface area (Å²) in [5, 5.41) is 9.73. The largest absolute Gasteiger partial charge is 0.492 e. The number of nitrogens with zero attached hydrogens (tertiary/aromatic N) is 1. The Hall–Kier alpha value is -1.40. The minimum absolute atomic E-state index is 0.195. The lowest BCUT2D eigenvalue weighted by Gasteiger charge is -2.33. The number of thiophene rings is 1. The smallest absolute Gasteiger partial charge is 0.198 e. The van der Waals surface area contributed by atoms with Crippen molar-refractivity contribution in [2.75, 3.05) is 26.3 Å². The van der Waals surface area contributed by atoms with Gasteiger partial charge in [-0.25, -0.2) is 0 Å². The van der Waals surface area contributed by atoms with Gasteiger partial charge in [-0.2, -0.15) is 0 Å². The predicted octanol–water partition coefficient (Wildman–Crippen LogP) is 3.57. The molecular weight excluding hydrogens is 346 g/mol. The van der Waals surface area contributed by atoms with Gasteiger partial charge in [-0.3, -0.25) is 9.69 Å². The Morgan fingerprint density at radius 2 is 2.17 bits per heavy atom. The van der Waals surface area contributed by atoms with Crippen molar-refractivity contribution in [3.8, 4) is 5.75 Å². The molecule has 1 aliphatic rings. The van der Waals surface area contributed by atoms with Gasteiger partial charge in [0.15, 0.2) is 5.78 Å². The molecule has 0 saturated heterocycles. The molecule has 128 valence electrons. The van der Waals surface area contributed by atoms with Gasteiger partial charge in [0.2, 0.25) is 0 Å². The SMILES string of the molecule is CC1c2sc(C(=O)CO)cc2CCN1CCOc1ccc(Cl)cc1. The van der Waals surface area contributed by atoms with Gasteiger partial charge in [-0.05, 0) is 49.2 Å². The molecule has 24 heavy (non-hydrogen) atoms. The molecule has 0 fully saturated rings. The summed E-state index contributed by atoms with van der Waals surface area (Å²) in [6, 6.07) is 9.57. The van der Waals surface area contributed by atoms with Gasteiger partial charge >= 0.3 is 0 Å². The minimum Gasteiger partial charge on any atom is -0.492 e. The summed E-state index contributed by atoms with van der Waals surface area (Å²) < 4.78 is 5.78. The number of rotatable bonds is 6. The lowest BCUT2D eigenvalue weighted by molar-refractivity contribution is 0.0908. The number of fused-ring (bicyclic) bond motifs is 1. The molecule has 0 aliphatic carbocycles. The van der Waals surface area contributed by atoms with E-state index in [1.165, 1.54) is 21.8 Å². The first-order chi connectivity index (χ1) is 11.6. The molecule has 1 aromatic heterocycles. The third-order valence-electron chi connectivity index (χ3n) is 4.32. The lowest BCUT2D eigenvalue weighted by atomic mass is 10.0. The molecule has 0 radical (unpaired) electrons. The molecule has 1 aromatic carbocycles. The van der Waals surface area contributed by atoms with Crippen LogP contribution in [0.15, 0.2) is 30.3 Å².